The molecule has 1 aliphatic rings. The third kappa shape index (κ3) is 4.06. The molecule has 20 heavy (non-hydrogen) atoms. The van der Waals surface area contributed by atoms with E-state index in [0.29, 0.717) is 5.84 Å². The first kappa shape index (κ1) is 16.5. The van der Waals surface area contributed by atoms with Gasteiger partial charge in [0.2, 0.25) is 0 Å². The van der Waals surface area contributed by atoms with Crippen LogP contribution >= 0.6 is 69.6 Å². The molecule has 0 aromatic heterocycles. The molecule has 1 aromatic rings. The Morgan fingerprint density at radius 1 is 0.900 bits per heavy atom. The molecular formula is C11H9Cl6N3+2. The molecule has 9 heteroatoms. The van der Waals surface area contributed by atoms with Crippen molar-refractivity contribution in [1.29, 1.82) is 0 Å². The number of alkyl halides is 6. The second-order valence-electron chi connectivity index (χ2n) is 4.00. The van der Waals surface area contributed by atoms with Crippen molar-refractivity contribution in [1.82, 2.24) is 5.32 Å². The lowest BCUT2D eigenvalue weighted by molar-refractivity contribution is -0.740. The molecule has 0 saturated carbocycles. The van der Waals surface area contributed by atoms with Crippen LogP contribution in [-0.2, 0) is 0 Å². The molecule has 3 N–H and O–H groups in total. The first-order valence-corrected chi connectivity index (χ1v) is 7.68. The first-order chi connectivity index (χ1) is 9.18. The molecular weight excluding hydrogens is 387 g/mol. The highest BCUT2D eigenvalue weighted by Gasteiger charge is 2.45. The zero-order valence-electron chi connectivity index (χ0n) is 9.73. The van der Waals surface area contributed by atoms with Crippen LogP contribution < -0.4 is 15.3 Å². The smallest absolute Gasteiger partial charge is 0.231 e. The molecule has 1 aliphatic heterocycles. The molecule has 0 aliphatic carbocycles. The lowest BCUT2D eigenvalue weighted by Crippen LogP contribution is -3.10. The van der Waals surface area contributed by atoms with Gasteiger partial charge in [-0.3, -0.25) is 0 Å². The molecule has 0 fully saturated rings. The Morgan fingerprint density at radius 2 is 1.50 bits per heavy atom. The Morgan fingerprint density at radius 3 is 2.00 bits per heavy atom. The third-order valence-corrected chi connectivity index (χ3v) is 3.72. The van der Waals surface area contributed by atoms with Crippen LogP contribution in [0.15, 0.2) is 30.3 Å². The van der Waals surface area contributed by atoms with E-state index in [1.165, 1.54) is 0 Å². The van der Waals surface area contributed by atoms with E-state index >= 15 is 0 Å². The van der Waals surface area contributed by atoms with E-state index < -0.39 is 13.8 Å². The predicted molar refractivity (Wildman–Crippen MR) is 85.0 cm³/mol. The molecule has 1 atom stereocenters. The second kappa shape index (κ2) is 6.07. The monoisotopic (exact) mass is 393 g/mol. The summed E-state index contributed by atoms with van der Waals surface area (Å²) in [4.78, 5) is 5.83. The lowest BCUT2D eigenvalue weighted by Gasteiger charge is -2.21. The van der Waals surface area contributed by atoms with E-state index in [4.69, 9.17) is 69.6 Å². The molecule has 0 bridgehead atoms. The summed E-state index contributed by atoms with van der Waals surface area (Å²) in [6.07, 6.45) is -0.755. The number of hydrogen-bond donors (Lipinski definition) is 3. The molecule has 108 valence electrons. The van der Waals surface area contributed by atoms with Crippen LogP contribution in [0.1, 0.15) is 5.56 Å². The molecule has 0 radical (unpaired) electrons. The molecule has 1 unspecified atom stereocenters. The van der Waals surface area contributed by atoms with Gasteiger partial charge >= 0.3 is 5.84 Å². The highest BCUT2D eigenvalue weighted by molar-refractivity contribution is 6.76. The second-order valence-corrected chi connectivity index (χ2v) is 8.65. The number of halogens is 6. The minimum absolute atomic E-state index is 0.205. The van der Waals surface area contributed by atoms with Crippen LogP contribution in [-0.4, -0.2) is 25.4 Å². The fourth-order valence-electron chi connectivity index (χ4n) is 1.60. The lowest BCUT2D eigenvalue weighted by atomic mass is 10.2. The van der Waals surface area contributed by atoms with Gasteiger partial charge in [-0.25, -0.2) is 15.3 Å². The van der Waals surface area contributed by atoms with E-state index in [1.54, 1.807) is 0 Å². The normalized spacial score (nSPS) is 20.0. The maximum absolute atomic E-state index is 5.90. The number of rotatable bonds is 1. The van der Waals surface area contributed by atoms with E-state index in [0.717, 1.165) is 5.56 Å². The Labute approximate surface area is 145 Å². The fraction of sp³-hybridized carbons (Fsp3) is 0.273. The van der Waals surface area contributed by atoms with E-state index in [-0.39, 0.29) is 5.84 Å². The summed E-state index contributed by atoms with van der Waals surface area (Å²) in [5, 5.41) is 2.95. The van der Waals surface area contributed by atoms with Crippen LogP contribution in [0.4, 0.5) is 0 Å². The molecule has 0 saturated heterocycles. The number of nitrogens with one attached hydrogen (secondary N) is 3. The quantitative estimate of drug-likeness (QED) is 0.601. The SMILES string of the molecule is ClC(Cl)(Cl)C1=[NH+]C(C(Cl)(Cl)Cl)[NH+]=C(c2ccccc2)N1. The molecule has 0 spiro atoms. The van der Waals surface area contributed by atoms with E-state index in [2.05, 4.69) is 15.3 Å². The van der Waals surface area contributed by atoms with Gasteiger partial charge in [-0.2, -0.15) is 0 Å². The number of hydrogen-bond acceptors (Lipinski definition) is 1. The average molecular weight is 396 g/mol. The Bertz CT molecular complexity index is 544. The van der Waals surface area contributed by atoms with Crippen molar-refractivity contribution >= 4 is 81.3 Å². The largest absolute Gasteiger partial charge is 0.307 e. The van der Waals surface area contributed by atoms with Gasteiger partial charge in [-0.15, -0.1) is 0 Å². The van der Waals surface area contributed by atoms with Gasteiger partial charge in [0.15, 0.2) is 0 Å². The topological polar surface area (TPSA) is 40.0 Å². The molecule has 1 aromatic carbocycles. The Balaban J connectivity index is 2.42. The summed E-state index contributed by atoms with van der Waals surface area (Å²) in [7, 11) is 0. The molecule has 0 amide bonds. The van der Waals surface area contributed by atoms with Gasteiger partial charge in [0, 0.05) is 0 Å². The van der Waals surface area contributed by atoms with Crippen molar-refractivity contribution in [2.24, 2.45) is 0 Å². The highest BCUT2D eigenvalue weighted by Crippen LogP contribution is 2.27. The maximum Gasteiger partial charge on any atom is 0.307 e. The standard InChI is InChI=1S/C11H7Cl6N3/c12-10(13,14)8-18-7(6-4-2-1-3-5-6)19-9(20-8)11(15,16)17/h1-5,8H,(H,18,19,20)/p+2. The van der Waals surface area contributed by atoms with Crippen LogP contribution in [0.2, 0.25) is 0 Å². The summed E-state index contributed by atoms with van der Waals surface area (Å²) in [5.41, 5.74) is 0.833. The maximum atomic E-state index is 5.90. The fourth-order valence-corrected chi connectivity index (χ4v) is 2.23. The molecule has 2 rings (SSSR count). The van der Waals surface area contributed by atoms with Gasteiger partial charge in [0.05, 0.1) is 5.56 Å². The summed E-state index contributed by atoms with van der Waals surface area (Å²) >= 11 is 35.3. The van der Waals surface area contributed by atoms with Gasteiger partial charge < -0.3 is 0 Å². The van der Waals surface area contributed by atoms with Crippen molar-refractivity contribution in [3.05, 3.63) is 35.9 Å². The van der Waals surface area contributed by atoms with Gasteiger partial charge in [0.1, 0.15) is 0 Å². The molecule has 3 nitrogen and oxygen atoms in total. The van der Waals surface area contributed by atoms with Crippen molar-refractivity contribution in [3.63, 3.8) is 0 Å². The van der Waals surface area contributed by atoms with Crippen molar-refractivity contribution in [3.8, 4) is 0 Å². The van der Waals surface area contributed by atoms with Crippen LogP contribution in [0.5, 0.6) is 0 Å². The van der Waals surface area contributed by atoms with E-state index in [9.17, 15) is 0 Å². The van der Waals surface area contributed by atoms with Crippen LogP contribution in [0.3, 0.4) is 0 Å². The van der Waals surface area contributed by atoms with Gasteiger partial charge in [-0.05, 0) is 12.1 Å². The minimum Gasteiger partial charge on any atom is -0.231 e. The summed E-state index contributed by atoms with van der Waals surface area (Å²) in [5.74, 6) is 0.776. The van der Waals surface area contributed by atoms with Crippen LogP contribution in [0, 0.1) is 0 Å². The zero-order chi connectivity index (χ0) is 15.0. The summed E-state index contributed by atoms with van der Waals surface area (Å²) < 4.78 is -3.33. The molecule has 1 heterocycles. The van der Waals surface area contributed by atoms with Crippen LogP contribution in [0.25, 0.3) is 0 Å². The first-order valence-electron chi connectivity index (χ1n) is 5.41. The number of benzene rings is 1. The van der Waals surface area contributed by atoms with Gasteiger partial charge in [-0.1, -0.05) is 87.8 Å². The van der Waals surface area contributed by atoms with Crippen molar-refractivity contribution in [2.45, 2.75) is 13.8 Å². The number of amidine groups is 2. The summed E-state index contributed by atoms with van der Waals surface area (Å²) in [6, 6.07) is 9.36. The summed E-state index contributed by atoms with van der Waals surface area (Å²) in [6.45, 7) is 0. The van der Waals surface area contributed by atoms with E-state index in [1.807, 2.05) is 30.3 Å². The van der Waals surface area contributed by atoms with Crippen molar-refractivity contribution < 1.29 is 9.98 Å². The van der Waals surface area contributed by atoms with Crippen molar-refractivity contribution in [2.75, 3.05) is 0 Å². The highest BCUT2D eigenvalue weighted by atomic mass is 35.6. The van der Waals surface area contributed by atoms with Gasteiger partial charge in [0.25, 0.3) is 19.6 Å². The third-order valence-electron chi connectivity index (χ3n) is 2.50. The minimum atomic E-state index is -1.70. The Hall–Kier alpha value is 0.100. The predicted octanol–water partition coefficient (Wildman–Crippen LogP) is 0.663. The average Bonchev–Trinajstić information content (AvgIpc) is 2.37. The Kier molecular flexibility index (Phi) is 5.00. The zero-order valence-corrected chi connectivity index (χ0v) is 14.3.